The summed E-state index contributed by atoms with van der Waals surface area (Å²) in [4.78, 5) is 14.2. The van der Waals surface area contributed by atoms with Gasteiger partial charge in [-0.1, -0.05) is 5.92 Å². The summed E-state index contributed by atoms with van der Waals surface area (Å²) in [7, 11) is 2.12. The zero-order valence-electron chi connectivity index (χ0n) is 10.9. The van der Waals surface area contributed by atoms with Crippen LogP contribution in [0.5, 0.6) is 0 Å². The van der Waals surface area contributed by atoms with Crippen molar-refractivity contribution in [3.05, 3.63) is 21.0 Å². The lowest BCUT2D eigenvalue weighted by Gasteiger charge is -2.16. The molecule has 1 aromatic rings. The molecule has 0 bridgehead atoms. The van der Waals surface area contributed by atoms with Gasteiger partial charge < -0.3 is 10.2 Å². The summed E-state index contributed by atoms with van der Waals surface area (Å²) >= 11 is 3.29. The Kier molecular flexibility index (Phi) is 4.61. The first-order valence-corrected chi connectivity index (χ1v) is 7.06. The molecule has 5 nitrogen and oxygen atoms in total. The first kappa shape index (κ1) is 14.1. The Labute approximate surface area is 121 Å². The Morgan fingerprint density at radius 2 is 2.42 bits per heavy atom. The van der Waals surface area contributed by atoms with Crippen molar-refractivity contribution in [1.82, 2.24) is 14.7 Å². The van der Waals surface area contributed by atoms with Gasteiger partial charge >= 0.3 is 0 Å². The number of hydrogen-bond donors (Lipinski definition) is 1. The molecule has 1 N–H and O–H groups in total. The SMILES string of the molecule is C#CCn1ncc(NCCN(C)C2CC2)c(Br)c1=O. The third-order valence-corrected chi connectivity index (χ3v) is 3.94. The van der Waals surface area contributed by atoms with E-state index in [4.69, 9.17) is 6.42 Å². The van der Waals surface area contributed by atoms with E-state index in [1.165, 1.54) is 17.5 Å². The van der Waals surface area contributed by atoms with E-state index in [0.717, 1.165) is 19.1 Å². The van der Waals surface area contributed by atoms with E-state index in [2.05, 4.69) is 44.2 Å². The topological polar surface area (TPSA) is 50.2 Å². The molecule has 19 heavy (non-hydrogen) atoms. The summed E-state index contributed by atoms with van der Waals surface area (Å²) in [5, 5.41) is 7.25. The molecule has 0 aromatic carbocycles. The van der Waals surface area contributed by atoms with E-state index in [1.54, 1.807) is 6.20 Å². The van der Waals surface area contributed by atoms with Crippen LogP contribution in [0.3, 0.4) is 0 Å². The van der Waals surface area contributed by atoms with Crippen LogP contribution in [-0.2, 0) is 6.54 Å². The Morgan fingerprint density at radius 3 is 3.05 bits per heavy atom. The molecule has 102 valence electrons. The Bertz CT molecular complexity index is 545. The summed E-state index contributed by atoms with van der Waals surface area (Å²) in [6.07, 6.45) is 9.40. The zero-order chi connectivity index (χ0) is 13.8. The highest BCUT2D eigenvalue weighted by Gasteiger charge is 2.25. The number of hydrogen-bond acceptors (Lipinski definition) is 4. The monoisotopic (exact) mass is 324 g/mol. The lowest BCUT2D eigenvalue weighted by Crippen LogP contribution is -2.28. The molecule has 1 saturated carbocycles. The summed E-state index contributed by atoms with van der Waals surface area (Å²) in [6, 6.07) is 0.743. The molecule has 1 aliphatic rings. The van der Waals surface area contributed by atoms with Gasteiger partial charge in [-0.3, -0.25) is 4.79 Å². The average molecular weight is 325 g/mol. The van der Waals surface area contributed by atoms with Crippen molar-refractivity contribution >= 4 is 21.6 Å². The maximum atomic E-state index is 11.9. The van der Waals surface area contributed by atoms with Crippen LogP contribution < -0.4 is 10.9 Å². The molecule has 0 unspecified atom stereocenters. The van der Waals surface area contributed by atoms with Gasteiger partial charge in [0.1, 0.15) is 11.0 Å². The number of terminal acetylenes is 1. The van der Waals surface area contributed by atoms with E-state index < -0.39 is 0 Å². The summed E-state index contributed by atoms with van der Waals surface area (Å²) in [5.74, 6) is 2.40. The van der Waals surface area contributed by atoms with Gasteiger partial charge in [-0.05, 0) is 35.8 Å². The third kappa shape index (κ3) is 3.58. The molecule has 0 saturated heterocycles. The molecule has 1 fully saturated rings. The van der Waals surface area contributed by atoms with Crippen molar-refractivity contribution in [2.24, 2.45) is 0 Å². The number of rotatable bonds is 6. The van der Waals surface area contributed by atoms with Crippen LogP contribution in [0, 0.1) is 12.3 Å². The number of aromatic nitrogens is 2. The van der Waals surface area contributed by atoms with Gasteiger partial charge in [-0.25, -0.2) is 4.68 Å². The Balaban J connectivity index is 1.95. The summed E-state index contributed by atoms with van der Waals surface area (Å²) in [6.45, 7) is 1.92. The molecular formula is C13H17BrN4O. The van der Waals surface area contributed by atoms with Crippen LogP contribution in [0.1, 0.15) is 12.8 Å². The standard InChI is InChI=1S/C13H17BrN4O/c1-3-7-18-13(19)12(14)11(9-16-18)15-6-8-17(2)10-4-5-10/h1,9-10,15H,4-8H2,2H3. The molecule has 1 aromatic heterocycles. The van der Waals surface area contributed by atoms with E-state index in [-0.39, 0.29) is 12.1 Å². The van der Waals surface area contributed by atoms with Crippen LogP contribution in [0.2, 0.25) is 0 Å². The van der Waals surface area contributed by atoms with E-state index in [1.807, 2.05) is 0 Å². The maximum Gasteiger partial charge on any atom is 0.284 e. The fraction of sp³-hybridized carbons (Fsp3) is 0.538. The molecule has 0 aliphatic heterocycles. The lowest BCUT2D eigenvalue weighted by molar-refractivity contribution is 0.337. The zero-order valence-corrected chi connectivity index (χ0v) is 12.5. The van der Waals surface area contributed by atoms with Crippen LogP contribution >= 0.6 is 15.9 Å². The van der Waals surface area contributed by atoms with Gasteiger partial charge in [0, 0.05) is 19.1 Å². The van der Waals surface area contributed by atoms with Gasteiger partial charge in [0.2, 0.25) is 0 Å². The largest absolute Gasteiger partial charge is 0.381 e. The summed E-state index contributed by atoms with van der Waals surface area (Å²) < 4.78 is 1.73. The Hall–Kier alpha value is -1.32. The minimum atomic E-state index is -0.210. The fourth-order valence-electron chi connectivity index (χ4n) is 1.85. The van der Waals surface area contributed by atoms with Crippen molar-refractivity contribution in [3.63, 3.8) is 0 Å². The normalized spacial score (nSPS) is 14.4. The van der Waals surface area contributed by atoms with Crippen molar-refractivity contribution < 1.29 is 0 Å². The summed E-state index contributed by atoms with van der Waals surface area (Å²) in [5.41, 5.74) is 0.501. The molecule has 0 atom stereocenters. The molecule has 0 radical (unpaired) electrons. The highest BCUT2D eigenvalue weighted by molar-refractivity contribution is 9.10. The maximum absolute atomic E-state index is 11.9. The van der Waals surface area contributed by atoms with Gasteiger partial charge in [0.15, 0.2) is 0 Å². The Morgan fingerprint density at radius 1 is 1.68 bits per heavy atom. The van der Waals surface area contributed by atoms with Gasteiger partial charge in [0.25, 0.3) is 5.56 Å². The average Bonchev–Trinajstić information content (AvgIpc) is 3.22. The van der Waals surface area contributed by atoms with Crippen molar-refractivity contribution in [1.29, 1.82) is 0 Å². The van der Waals surface area contributed by atoms with Crippen LogP contribution in [0.15, 0.2) is 15.5 Å². The number of halogens is 1. The fourth-order valence-corrected chi connectivity index (χ4v) is 2.30. The second kappa shape index (κ2) is 6.22. The van der Waals surface area contributed by atoms with Crippen molar-refractivity contribution in [2.45, 2.75) is 25.4 Å². The third-order valence-electron chi connectivity index (χ3n) is 3.18. The van der Waals surface area contributed by atoms with Gasteiger partial charge in [-0.2, -0.15) is 5.10 Å². The number of nitrogens with one attached hydrogen (secondary N) is 1. The van der Waals surface area contributed by atoms with Crippen molar-refractivity contribution in [2.75, 3.05) is 25.5 Å². The van der Waals surface area contributed by atoms with Crippen molar-refractivity contribution in [3.8, 4) is 12.3 Å². The molecule has 2 rings (SSSR count). The number of anilines is 1. The molecule has 6 heteroatoms. The minimum Gasteiger partial charge on any atom is -0.381 e. The van der Waals surface area contributed by atoms with E-state index in [9.17, 15) is 4.79 Å². The smallest absolute Gasteiger partial charge is 0.284 e. The van der Waals surface area contributed by atoms with Crippen LogP contribution in [-0.4, -0.2) is 40.9 Å². The molecule has 0 spiro atoms. The minimum absolute atomic E-state index is 0.183. The quantitative estimate of drug-likeness (QED) is 0.797. The lowest BCUT2D eigenvalue weighted by atomic mass is 10.4. The van der Waals surface area contributed by atoms with E-state index in [0.29, 0.717) is 10.2 Å². The molecular weight excluding hydrogens is 308 g/mol. The first-order valence-electron chi connectivity index (χ1n) is 6.26. The second-order valence-corrected chi connectivity index (χ2v) is 5.47. The molecule has 1 aliphatic carbocycles. The molecule has 0 amide bonds. The molecule has 1 heterocycles. The first-order chi connectivity index (χ1) is 9.13. The van der Waals surface area contributed by atoms with Gasteiger partial charge in [-0.15, -0.1) is 6.42 Å². The van der Waals surface area contributed by atoms with Gasteiger partial charge in [0.05, 0.1) is 11.9 Å². The number of nitrogens with zero attached hydrogens (tertiary/aromatic N) is 3. The predicted octanol–water partition coefficient (Wildman–Crippen LogP) is 1.15. The predicted molar refractivity (Wildman–Crippen MR) is 79.2 cm³/mol. The van der Waals surface area contributed by atoms with Crippen LogP contribution in [0.4, 0.5) is 5.69 Å². The second-order valence-electron chi connectivity index (χ2n) is 4.68. The van der Waals surface area contributed by atoms with Crippen LogP contribution in [0.25, 0.3) is 0 Å². The van der Waals surface area contributed by atoms with E-state index >= 15 is 0 Å². The number of likely N-dealkylation sites (N-methyl/N-ethyl adjacent to an activating group) is 1. The highest BCUT2D eigenvalue weighted by atomic mass is 79.9. The highest BCUT2D eigenvalue weighted by Crippen LogP contribution is 2.24.